The van der Waals surface area contributed by atoms with Gasteiger partial charge in [-0.1, -0.05) is 0 Å². The van der Waals surface area contributed by atoms with Gasteiger partial charge in [-0.25, -0.2) is 4.79 Å². The lowest BCUT2D eigenvalue weighted by atomic mass is 10.2. The molecule has 0 atom stereocenters. The number of nitrogens with zero attached hydrogens (tertiary/aromatic N) is 1. The van der Waals surface area contributed by atoms with Crippen LogP contribution in [0.3, 0.4) is 0 Å². The molecule has 0 fully saturated rings. The van der Waals surface area contributed by atoms with Crippen molar-refractivity contribution in [1.82, 2.24) is 4.90 Å². The summed E-state index contributed by atoms with van der Waals surface area (Å²) in [5.41, 5.74) is 4.93. The van der Waals surface area contributed by atoms with Crippen LogP contribution in [0.1, 0.15) is 27.7 Å². The smallest absolute Gasteiger partial charge is 0.410 e. The van der Waals surface area contributed by atoms with Gasteiger partial charge in [0.15, 0.2) is 0 Å². The Kier molecular flexibility index (Phi) is 4.77. The Morgan fingerprint density at radius 3 is 2.31 bits per heavy atom. The van der Waals surface area contributed by atoms with E-state index in [9.17, 15) is 4.79 Å². The molecule has 0 aliphatic rings. The third kappa shape index (κ3) is 5.47. The molecule has 0 radical (unpaired) electrons. The highest BCUT2D eigenvalue weighted by Crippen LogP contribution is 2.09. The fraction of sp³-hybridized carbons (Fsp3) is 0.889. The number of carbonyl (C=O) groups is 1. The molecule has 1 amide bonds. The summed E-state index contributed by atoms with van der Waals surface area (Å²) in [6, 6.07) is 0. The lowest BCUT2D eigenvalue weighted by Gasteiger charge is -2.26. The quantitative estimate of drug-likeness (QED) is 0.724. The summed E-state index contributed by atoms with van der Waals surface area (Å²) in [6.07, 6.45) is -0.291. The highest BCUT2D eigenvalue weighted by Gasteiger charge is 2.20. The van der Waals surface area contributed by atoms with Crippen molar-refractivity contribution >= 4 is 6.09 Å². The Balaban J connectivity index is 4.06. The molecule has 0 aromatic rings. The van der Waals surface area contributed by atoms with Gasteiger partial charge >= 0.3 is 6.09 Å². The molecule has 0 spiro atoms. The molecular weight excluding hydrogens is 168 g/mol. The van der Waals surface area contributed by atoms with E-state index in [1.807, 2.05) is 27.7 Å². The van der Waals surface area contributed by atoms with E-state index in [4.69, 9.17) is 10.5 Å². The Morgan fingerprint density at radius 2 is 2.00 bits per heavy atom. The first-order valence-corrected chi connectivity index (χ1v) is 4.58. The zero-order valence-electron chi connectivity index (χ0n) is 8.96. The lowest BCUT2D eigenvalue weighted by Crippen LogP contribution is -2.39. The second-order valence-corrected chi connectivity index (χ2v) is 3.85. The number of ether oxygens (including phenoxy) is 1. The minimum absolute atomic E-state index is 0.291. The maximum atomic E-state index is 11.4. The first-order chi connectivity index (χ1) is 5.90. The molecule has 4 nitrogen and oxygen atoms in total. The zero-order valence-corrected chi connectivity index (χ0v) is 8.96. The summed E-state index contributed by atoms with van der Waals surface area (Å²) < 4.78 is 5.17. The Morgan fingerprint density at radius 1 is 1.46 bits per heavy atom. The molecule has 0 saturated carbocycles. The van der Waals surface area contributed by atoms with Gasteiger partial charge in [0.2, 0.25) is 0 Å². The van der Waals surface area contributed by atoms with E-state index in [0.717, 1.165) is 0 Å². The molecule has 0 saturated heterocycles. The third-order valence-corrected chi connectivity index (χ3v) is 1.43. The van der Waals surface area contributed by atoms with Crippen molar-refractivity contribution in [2.45, 2.75) is 33.3 Å². The maximum Gasteiger partial charge on any atom is 0.410 e. The number of rotatable bonds is 3. The fourth-order valence-electron chi connectivity index (χ4n) is 0.861. The van der Waals surface area contributed by atoms with E-state index in [-0.39, 0.29) is 6.09 Å². The Hall–Kier alpha value is -0.770. The van der Waals surface area contributed by atoms with Crippen molar-refractivity contribution < 1.29 is 9.53 Å². The summed E-state index contributed by atoms with van der Waals surface area (Å²) >= 11 is 0. The van der Waals surface area contributed by atoms with Gasteiger partial charge in [-0.2, -0.15) is 0 Å². The number of hydrogen-bond donors (Lipinski definition) is 1. The fourth-order valence-corrected chi connectivity index (χ4v) is 0.861. The van der Waals surface area contributed by atoms with Gasteiger partial charge in [0, 0.05) is 19.6 Å². The summed E-state index contributed by atoms with van der Waals surface area (Å²) in [7, 11) is 0. The molecule has 4 heteroatoms. The van der Waals surface area contributed by atoms with Crippen LogP contribution in [0.4, 0.5) is 4.79 Å². The van der Waals surface area contributed by atoms with E-state index >= 15 is 0 Å². The van der Waals surface area contributed by atoms with Crippen molar-refractivity contribution in [3.8, 4) is 0 Å². The number of hydrogen-bond acceptors (Lipinski definition) is 3. The molecule has 0 heterocycles. The van der Waals surface area contributed by atoms with Crippen LogP contribution < -0.4 is 5.73 Å². The average Bonchev–Trinajstić information content (AvgIpc) is 1.96. The number of nitrogens with two attached hydrogens (primary N) is 1. The van der Waals surface area contributed by atoms with Crippen LogP contribution in [0.25, 0.3) is 0 Å². The van der Waals surface area contributed by atoms with Crippen molar-refractivity contribution in [3.05, 3.63) is 0 Å². The highest BCUT2D eigenvalue weighted by molar-refractivity contribution is 5.68. The van der Waals surface area contributed by atoms with Crippen LogP contribution in [0.2, 0.25) is 0 Å². The maximum absolute atomic E-state index is 11.4. The average molecular weight is 188 g/mol. The van der Waals surface area contributed by atoms with Gasteiger partial charge < -0.3 is 15.4 Å². The first kappa shape index (κ1) is 12.2. The zero-order chi connectivity index (χ0) is 10.5. The molecule has 0 aliphatic heterocycles. The number of likely N-dealkylation sites (N-methyl/N-ethyl adjacent to an activating group) is 1. The van der Waals surface area contributed by atoms with Gasteiger partial charge in [0.05, 0.1) is 0 Å². The van der Waals surface area contributed by atoms with E-state index in [1.54, 1.807) is 4.90 Å². The van der Waals surface area contributed by atoms with Crippen LogP contribution >= 0.6 is 0 Å². The monoisotopic (exact) mass is 188 g/mol. The molecule has 0 rings (SSSR count). The van der Waals surface area contributed by atoms with Gasteiger partial charge in [-0.3, -0.25) is 0 Å². The molecule has 0 aromatic heterocycles. The van der Waals surface area contributed by atoms with Crippen LogP contribution in [-0.4, -0.2) is 36.2 Å². The molecule has 13 heavy (non-hydrogen) atoms. The van der Waals surface area contributed by atoms with Gasteiger partial charge in [-0.15, -0.1) is 0 Å². The summed E-state index contributed by atoms with van der Waals surface area (Å²) in [6.45, 7) is 9.09. The second kappa shape index (κ2) is 5.07. The summed E-state index contributed by atoms with van der Waals surface area (Å²) in [4.78, 5) is 13.0. The highest BCUT2D eigenvalue weighted by atomic mass is 16.6. The normalized spacial score (nSPS) is 11.2. The number of carbonyl (C=O) groups excluding carboxylic acids is 1. The van der Waals surface area contributed by atoms with Crippen molar-refractivity contribution in [1.29, 1.82) is 0 Å². The van der Waals surface area contributed by atoms with E-state index in [1.165, 1.54) is 0 Å². The molecule has 78 valence electrons. The van der Waals surface area contributed by atoms with Crippen LogP contribution in [-0.2, 0) is 4.74 Å². The van der Waals surface area contributed by atoms with Gasteiger partial charge in [0.1, 0.15) is 5.60 Å². The predicted molar refractivity (Wildman–Crippen MR) is 52.5 cm³/mol. The topological polar surface area (TPSA) is 55.6 Å². The van der Waals surface area contributed by atoms with Crippen molar-refractivity contribution in [2.75, 3.05) is 19.6 Å². The van der Waals surface area contributed by atoms with E-state index in [0.29, 0.717) is 19.6 Å². The van der Waals surface area contributed by atoms with E-state index < -0.39 is 5.60 Å². The molecule has 0 aromatic carbocycles. The first-order valence-electron chi connectivity index (χ1n) is 4.58. The van der Waals surface area contributed by atoms with E-state index in [2.05, 4.69) is 0 Å². The van der Waals surface area contributed by atoms with Gasteiger partial charge in [-0.05, 0) is 27.7 Å². The third-order valence-electron chi connectivity index (χ3n) is 1.43. The second-order valence-electron chi connectivity index (χ2n) is 3.85. The van der Waals surface area contributed by atoms with Crippen LogP contribution in [0.5, 0.6) is 0 Å². The SMILES string of the molecule is CCN(CCN)C(=O)OC(C)(C)C. The summed E-state index contributed by atoms with van der Waals surface area (Å²) in [5, 5.41) is 0. The minimum Gasteiger partial charge on any atom is -0.444 e. The largest absolute Gasteiger partial charge is 0.444 e. The Labute approximate surface area is 80.0 Å². The Bertz CT molecular complexity index is 163. The molecule has 0 bridgehead atoms. The van der Waals surface area contributed by atoms with Crippen molar-refractivity contribution in [2.24, 2.45) is 5.73 Å². The molecule has 0 aliphatic carbocycles. The van der Waals surface area contributed by atoms with Gasteiger partial charge in [0.25, 0.3) is 0 Å². The van der Waals surface area contributed by atoms with Crippen LogP contribution in [0.15, 0.2) is 0 Å². The number of amides is 1. The van der Waals surface area contributed by atoms with Crippen molar-refractivity contribution in [3.63, 3.8) is 0 Å². The lowest BCUT2D eigenvalue weighted by molar-refractivity contribution is 0.0266. The molecule has 0 unspecified atom stereocenters. The summed E-state index contributed by atoms with van der Waals surface area (Å²) in [5.74, 6) is 0. The molecule has 2 N–H and O–H groups in total. The predicted octanol–water partition coefficient (Wildman–Crippen LogP) is 1.20. The standard InChI is InChI=1S/C9H20N2O2/c1-5-11(7-6-10)8(12)13-9(2,3)4/h5-7,10H2,1-4H3. The van der Waals surface area contributed by atoms with Crippen LogP contribution in [0, 0.1) is 0 Å². The minimum atomic E-state index is -0.431. The molecular formula is C9H20N2O2.